The van der Waals surface area contributed by atoms with E-state index < -0.39 is 0 Å². The minimum Gasteiger partial charge on any atom is -0.462 e. The lowest BCUT2D eigenvalue weighted by atomic mass is 9.70. The Bertz CT molecular complexity index is 549. The van der Waals surface area contributed by atoms with Crippen LogP contribution in [0, 0.1) is 16.7 Å². The minimum atomic E-state index is -0.119. The van der Waals surface area contributed by atoms with Crippen LogP contribution in [0.3, 0.4) is 0 Å². The third-order valence-corrected chi connectivity index (χ3v) is 6.50. The van der Waals surface area contributed by atoms with Gasteiger partial charge in [-0.2, -0.15) is 0 Å². The molecule has 0 radical (unpaired) electrons. The van der Waals surface area contributed by atoms with Gasteiger partial charge in [0.25, 0.3) is 0 Å². The summed E-state index contributed by atoms with van der Waals surface area (Å²) in [6, 6.07) is 7.39. The Morgan fingerprint density at radius 2 is 1.95 bits per heavy atom. The molecule has 2 nitrogen and oxygen atoms in total. The predicted molar refractivity (Wildman–Crippen MR) is 84.3 cm³/mol. The van der Waals surface area contributed by atoms with Gasteiger partial charge < -0.3 is 4.74 Å². The molecule has 0 heterocycles. The van der Waals surface area contributed by atoms with Gasteiger partial charge in [-0.3, -0.25) is 4.79 Å². The van der Waals surface area contributed by atoms with E-state index in [1.807, 2.05) is 24.3 Å². The van der Waals surface area contributed by atoms with Crippen LogP contribution in [0.4, 0.5) is 0 Å². The lowest BCUT2D eigenvalue weighted by molar-refractivity contribution is -0.156. The SMILES string of the molecule is CC1(C)C2CCC1(C)C(OC(=O)Cc1ccc(Cl)cc1)C2. The highest BCUT2D eigenvalue weighted by Crippen LogP contribution is 2.66. The number of hydrogen-bond acceptors (Lipinski definition) is 2. The van der Waals surface area contributed by atoms with Gasteiger partial charge >= 0.3 is 5.97 Å². The van der Waals surface area contributed by atoms with Crippen molar-refractivity contribution in [3.63, 3.8) is 0 Å². The van der Waals surface area contributed by atoms with Crippen molar-refractivity contribution in [2.75, 3.05) is 0 Å². The second-order valence-corrected chi connectivity index (χ2v) is 7.83. The Morgan fingerprint density at radius 3 is 2.48 bits per heavy atom. The van der Waals surface area contributed by atoms with E-state index in [0.29, 0.717) is 17.4 Å². The summed E-state index contributed by atoms with van der Waals surface area (Å²) in [4.78, 5) is 12.2. The van der Waals surface area contributed by atoms with Crippen molar-refractivity contribution in [2.24, 2.45) is 16.7 Å². The van der Waals surface area contributed by atoms with Crippen LogP contribution in [0.5, 0.6) is 0 Å². The van der Waals surface area contributed by atoms with Gasteiger partial charge in [0, 0.05) is 10.4 Å². The van der Waals surface area contributed by atoms with Crippen LogP contribution in [-0.2, 0) is 16.0 Å². The van der Waals surface area contributed by atoms with E-state index >= 15 is 0 Å². The van der Waals surface area contributed by atoms with Gasteiger partial charge in [0.15, 0.2) is 0 Å². The first-order valence-electron chi connectivity index (χ1n) is 7.77. The molecule has 2 aliphatic carbocycles. The molecule has 0 amide bonds. The summed E-state index contributed by atoms with van der Waals surface area (Å²) in [6.45, 7) is 6.95. The predicted octanol–water partition coefficient (Wildman–Crippen LogP) is 4.64. The molecule has 2 saturated carbocycles. The molecule has 0 N–H and O–H groups in total. The summed E-state index contributed by atoms with van der Waals surface area (Å²) in [6.07, 6.45) is 3.87. The number of hydrogen-bond donors (Lipinski definition) is 0. The molecule has 0 spiro atoms. The molecule has 3 rings (SSSR count). The summed E-state index contributed by atoms with van der Waals surface area (Å²) in [5.74, 6) is 0.572. The molecule has 2 fully saturated rings. The Morgan fingerprint density at radius 1 is 1.29 bits per heavy atom. The molecule has 2 aliphatic rings. The van der Waals surface area contributed by atoms with Crippen LogP contribution in [-0.4, -0.2) is 12.1 Å². The van der Waals surface area contributed by atoms with E-state index in [2.05, 4.69) is 20.8 Å². The third-order valence-electron chi connectivity index (χ3n) is 6.25. The first-order chi connectivity index (χ1) is 9.83. The van der Waals surface area contributed by atoms with E-state index in [1.54, 1.807) is 0 Å². The van der Waals surface area contributed by atoms with Crippen molar-refractivity contribution < 1.29 is 9.53 Å². The third kappa shape index (κ3) is 2.38. The molecular weight excluding hydrogens is 284 g/mol. The summed E-state index contributed by atoms with van der Waals surface area (Å²) >= 11 is 5.86. The number of esters is 1. The maximum atomic E-state index is 12.2. The van der Waals surface area contributed by atoms with E-state index in [9.17, 15) is 4.79 Å². The van der Waals surface area contributed by atoms with Gasteiger partial charge in [-0.25, -0.2) is 0 Å². The van der Waals surface area contributed by atoms with Gasteiger partial charge in [-0.05, 0) is 48.3 Å². The fraction of sp³-hybridized carbons (Fsp3) is 0.611. The molecule has 3 unspecified atom stereocenters. The largest absolute Gasteiger partial charge is 0.462 e. The average molecular weight is 307 g/mol. The van der Waals surface area contributed by atoms with Crippen molar-refractivity contribution >= 4 is 17.6 Å². The van der Waals surface area contributed by atoms with Crippen LogP contribution in [0.1, 0.15) is 45.6 Å². The number of halogens is 1. The number of benzene rings is 1. The van der Waals surface area contributed by atoms with Gasteiger partial charge in [-0.15, -0.1) is 0 Å². The quantitative estimate of drug-likeness (QED) is 0.760. The average Bonchev–Trinajstić information content (AvgIpc) is 2.74. The van der Waals surface area contributed by atoms with E-state index in [4.69, 9.17) is 16.3 Å². The number of rotatable bonds is 3. The molecule has 3 heteroatoms. The number of carbonyl (C=O) groups excluding carboxylic acids is 1. The summed E-state index contributed by atoms with van der Waals surface area (Å²) < 4.78 is 5.85. The summed E-state index contributed by atoms with van der Waals surface area (Å²) in [5, 5.41) is 0.689. The van der Waals surface area contributed by atoms with Crippen LogP contribution >= 0.6 is 11.6 Å². The molecule has 114 valence electrons. The van der Waals surface area contributed by atoms with Crippen molar-refractivity contribution in [3.8, 4) is 0 Å². The highest BCUT2D eigenvalue weighted by molar-refractivity contribution is 6.30. The van der Waals surface area contributed by atoms with Gasteiger partial charge in [0.1, 0.15) is 6.10 Å². The minimum absolute atomic E-state index is 0.0750. The molecule has 2 bridgehead atoms. The van der Waals surface area contributed by atoms with Gasteiger partial charge in [0.05, 0.1) is 6.42 Å². The standard InChI is InChI=1S/C18H23ClO2/c1-17(2)13-8-9-18(17,3)15(11-13)21-16(20)10-12-4-6-14(19)7-5-12/h4-7,13,15H,8-11H2,1-3H3. The zero-order valence-corrected chi connectivity index (χ0v) is 13.7. The van der Waals surface area contributed by atoms with Crippen molar-refractivity contribution in [1.82, 2.24) is 0 Å². The fourth-order valence-electron chi connectivity index (χ4n) is 4.28. The maximum Gasteiger partial charge on any atom is 0.310 e. The monoisotopic (exact) mass is 306 g/mol. The maximum absolute atomic E-state index is 12.2. The van der Waals surface area contributed by atoms with Crippen molar-refractivity contribution in [2.45, 2.75) is 52.6 Å². The highest BCUT2D eigenvalue weighted by Gasteiger charge is 2.62. The Balaban J connectivity index is 1.65. The fourth-order valence-corrected chi connectivity index (χ4v) is 4.40. The first kappa shape index (κ1) is 14.9. The van der Waals surface area contributed by atoms with Crippen molar-refractivity contribution in [3.05, 3.63) is 34.9 Å². The molecule has 1 aromatic carbocycles. The Labute approximate surface area is 131 Å². The van der Waals surface area contributed by atoms with E-state index in [1.165, 1.54) is 12.8 Å². The van der Waals surface area contributed by atoms with Gasteiger partial charge in [-0.1, -0.05) is 44.5 Å². The van der Waals surface area contributed by atoms with Crippen LogP contribution < -0.4 is 0 Å². The normalized spacial score (nSPS) is 33.1. The molecule has 1 aromatic rings. The number of ether oxygens (including phenoxy) is 1. The second kappa shape index (κ2) is 5.01. The molecule has 3 atom stereocenters. The topological polar surface area (TPSA) is 26.3 Å². The zero-order chi connectivity index (χ0) is 15.3. The Kier molecular flexibility index (Phi) is 3.56. The number of carbonyl (C=O) groups is 1. The van der Waals surface area contributed by atoms with Crippen molar-refractivity contribution in [1.29, 1.82) is 0 Å². The molecule has 0 saturated heterocycles. The highest BCUT2D eigenvalue weighted by atomic mass is 35.5. The van der Waals surface area contributed by atoms with Crippen LogP contribution in [0.25, 0.3) is 0 Å². The lowest BCUT2D eigenvalue weighted by Crippen LogP contribution is -2.38. The van der Waals surface area contributed by atoms with E-state index in [-0.39, 0.29) is 22.9 Å². The number of fused-ring (bicyclic) bond motifs is 2. The lowest BCUT2D eigenvalue weighted by Gasteiger charge is -2.38. The van der Waals surface area contributed by atoms with Gasteiger partial charge in [0.2, 0.25) is 0 Å². The molecule has 0 aromatic heterocycles. The summed E-state index contributed by atoms with van der Waals surface area (Å²) in [5.41, 5.74) is 1.36. The molecule has 0 aliphatic heterocycles. The first-order valence-corrected chi connectivity index (χ1v) is 8.15. The van der Waals surface area contributed by atoms with Crippen LogP contribution in [0.15, 0.2) is 24.3 Å². The smallest absolute Gasteiger partial charge is 0.310 e. The van der Waals surface area contributed by atoms with E-state index in [0.717, 1.165) is 12.0 Å². The molecule has 21 heavy (non-hydrogen) atoms. The van der Waals surface area contributed by atoms with Crippen LogP contribution in [0.2, 0.25) is 5.02 Å². The Hall–Kier alpha value is -1.02. The zero-order valence-electron chi connectivity index (χ0n) is 13.0. The second-order valence-electron chi connectivity index (χ2n) is 7.39. The summed E-state index contributed by atoms with van der Waals surface area (Å²) in [7, 11) is 0. The molecular formula is C18H23ClO2.